The zero-order chi connectivity index (χ0) is 62.1. The zero-order valence-electron chi connectivity index (χ0n) is 47.4. The molecule has 4 aromatic carbocycles. The second-order valence-electron chi connectivity index (χ2n) is 22.5. The summed E-state index contributed by atoms with van der Waals surface area (Å²) in [6, 6.07) is 27.7. The highest BCUT2D eigenvalue weighted by Gasteiger charge is 2.59. The lowest BCUT2D eigenvalue weighted by atomic mass is 9.75. The maximum atomic E-state index is 16.7. The summed E-state index contributed by atoms with van der Waals surface area (Å²) in [5.41, 5.74) is -10.8. The van der Waals surface area contributed by atoms with Gasteiger partial charge in [0.05, 0.1) is 83.3 Å². The van der Waals surface area contributed by atoms with Gasteiger partial charge in [-0.15, -0.1) is 0 Å². The third-order valence-corrected chi connectivity index (χ3v) is 17.7. The van der Waals surface area contributed by atoms with Crippen LogP contribution in [0.2, 0.25) is 10.0 Å². The maximum absolute atomic E-state index is 16.7. The SMILES string of the molecule is CC(O)(c1cc(F)c2c(c1)C(=O)N(Cc1ccc(C#N)cn1)[C@@]2(OCC[C@H](O)CF)c1ccc(Cl)cc1)C1(F)CCOCC1.CC(O)(c1cc(F)c2c(c1)C(=O)N(Cc1ccc(C#N)cn1)[C@]2(O[C@H]1CCOC1)c1ccc(Cl)cc1)C1(F)CCOCC1. The second kappa shape index (κ2) is 25.2. The molecular weight excluding hydrogens is 1180 g/mol. The molecule has 0 aliphatic carbocycles. The Morgan fingerprint density at radius 1 is 0.678 bits per heavy atom. The molecule has 5 aliphatic rings. The van der Waals surface area contributed by atoms with Crippen molar-refractivity contribution < 1.29 is 70.5 Å². The van der Waals surface area contributed by atoms with Crippen LogP contribution in [0.3, 0.4) is 0 Å². The molecule has 2 amide bonds. The fourth-order valence-corrected chi connectivity index (χ4v) is 12.3. The van der Waals surface area contributed by atoms with E-state index in [1.54, 1.807) is 54.6 Å². The van der Waals surface area contributed by atoms with E-state index in [2.05, 4.69) is 9.97 Å². The van der Waals surface area contributed by atoms with Crippen LogP contribution in [0.5, 0.6) is 0 Å². The number of ether oxygens (including phenoxy) is 5. The highest BCUT2D eigenvalue weighted by Crippen LogP contribution is 2.53. The van der Waals surface area contributed by atoms with Gasteiger partial charge < -0.3 is 39.0 Å². The number of benzene rings is 4. The van der Waals surface area contributed by atoms with Gasteiger partial charge in [-0.25, -0.2) is 22.0 Å². The van der Waals surface area contributed by atoms with E-state index in [-0.39, 0.29) is 124 Å². The van der Waals surface area contributed by atoms with E-state index in [4.69, 9.17) is 46.9 Å². The van der Waals surface area contributed by atoms with Crippen LogP contribution in [0.1, 0.15) is 129 Å². The summed E-state index contributed by atoms with van der Waals surface area (Å²) in [7, 11) is 0. The van der Waals surface area contributed by atoms with Crippen LogP contribution in [-0.2, 0) is 59.4 Å². The fraction of sp³-hybridized carbons (Fsp3) is 0.406. The van der Waals surface area contributed by atoms with Gasteiger partial charge in [-0.1, -0.05) is 47.5 Å². The van der Waals surface area contributed by atoms with Crippen molar-refractivity contribution in [3.05, 3.63) is 198 Å². The number of pyridine rings is 2. The Morgan fingerprint density at radius 2 is 1.11 bits per heavy atom. The number of hydrogen-bond donors (Lipinski definition) is 3. The van der Waals surface area contributed by atoms with Crippen molar-refractivity contribution in [3.8, 4) is 12.1 Å². The number of halogens is 7. The van der Waals surface area contributed by atoms with Gasteiger partial charge in [0.1, 0.15) is 53.0 Å². The van der Waals surface area contributed by atoms with Gasteiger partial charge in [0.25, 0.3) is 11.8 Å². The zero-order valence-corrected chi connectivity index (χ0v) is 48.9. The first-order valence-electron chi connectivity index (χ1n) is 28.2. The average molecular weight is 1240 g/mol. The Hall–Kier alpha value is -6.99. The first-order chi connectivity index (χ1) is 41.5. The third kappa shape index (κ3) is 11.7. The highest BCUT2D eigenvalue weighted by molar-refractivity contribution is 6.30. The van der Waals surface area contributed by atoms with Gasteiger partial charge in [0.15, 0.2) is 5.72 Å². The molecule has 3 N–H and O–H groups in total. The summed E-state index contributed by atoms with van der Waals surface area (Å²) >= 11 is 12.4. The predicted molar refractivity (Wildman–Crippen MR) is 305 cm³/mol. The summed E-state index contributed by atoms with van der Waals surface area (Å²) in [6.45, 7) is 1.95. The Labute approximate surface area is 508 Å². The minimum Gasteiger partial charge on any atom is -0.390 e. The van der Waals surface area contributed by atoms with Gasteiger partial charge >= 0.3 is 0 Å². The van der Waals surface area contributed by atoms with Gasteiger partial charge in [0.2, 0.25) is 5.72 Å². The molecule has 6 atom stereocenters. The Kier molecular flexibility index (Phi) is 18.3. The van der Waals surface area contributed by atoms with E-state index < -0.39 is 76.3 Å². The largest absolute Gasteiger partial charge is 0.390 e. The third-order valence-electron chi connectivity index (χ3n) is 17.2. The smallest absolute Gasteiger partial charge is 0.257 e. The number of nitrogens with zero attached hydrogens (tertiary/aromatic N) is 6. The van der Waals surface area contributed by atoms with E-state index in [0.29, 0.717) is 51.2 Å². The van der Waals surface area contributed by atoms with Crippen molar-refractivity contribution >= 4 is 35.0 Å². The molecule has 87 heavy (non-hydrogen) atoms. The molecule has 0 radical (unpaired) electrons. The monoisotopic (exact) mass is 1240 g/mol. The Balaban J connectivity index is 0.000000193. The number of aliphatic hydroxyl groups excluding tert-OH is 1. The van der Waals surface area contributed by atoms with Crippen LogP contribution in [-0.4, -0.2) is 123 Å². The molecule has 456 valence electrons. The quantitative estimate of drug-likeness (QED) is 0.0724. The molecule has 3 saturated heterocycles. The molecule has 0 spiro atoms. The van der Waals surface area contributed by atoms with E-state index in [9.17, 15) is 39.8 Å². The number of nitriles is 2. The number of alkyl halides is 3. The lowest BCUT2D eigenvalue weighted by Gasteiger charge is -2.42. The van der Waals surface area contributed by atoms with Crippen molar-refractivity contribution in [2.45, 2.75) is 112 Å². The van der Waals surface area contributed by atoms with Crippen LogP contribution in [0, 0.1) is 34.3 Å². The summed E-state index contributed by atoms with van der Waals surface area (Å²) in [5.74, 6) is -3.07. The lowest BCUT2D eigenvalue weighted by molar-refractivity contribution is -0.149. The number of aliphatic hydroxyl groups is 3. The van der Waals surface area contributed by atoms with Crippen molar-refractivity contribution in [1.29, 1.82) is 10.5 Å². The summed E-state index contributed by atoms with van der Waals surface area (Å²) in [6.07, 6.45) is 0.816. The molecule has 5 aliphatic heterocycles. The van der Waals surface area contributed by atoms with Crippen LogP contribution in [0.25, 0.3) is 0 Å². The fourth-order valence-electron chi connectivity index (χ4n) is 12.0. The minimum atomic E-state index is -2.18. The molecule has 23 heteroatoms. The second-order valence-corrected chi connectivity index (χ2v) is 23.4. The van der Waals surface area contributed by atoms with Gasteiger partial charge in [-0.2, -0.15) is 10.5 Å². The standard InChI is InChI=1S/C32H31ClF3N3O5.C32H30ClF2N3O5/c1-30(42,31(36)9-12-43-13-10-31)22-14-26-28(27(35)15-22)32(44-11-8-25(40)16-34,21-3-5-23(33)6-4-21)39(29(26)41)19-24-7-2-20(17-37)18-38-24;1-30(40,31(35)9-12-41-13-10-31)22-14-26-28(27(34)15-22)32(43-25-8-11-42-19-25,21-3-5-23(33)6-4-21)38(29(26)39)18-24-7-2-20(16-36)17-37-24/h2-7,14-15,18,25,40,42H,8-13,16,19H2,1H3;2-7,14-15,17,25,40H,8-13,18-19H2,1H3/t25-,30?,32+;25-,30?,32-/m00/s1. The molecular formula is C64H61Cl2F5N6O10. The molecule has 16 nitrogen and oxygen atoms in total. The van der Waals surface area contributed by atoms with E-state index in [0.717, 1.165) is 12.1 Å². The topological polar surface area (TPSA) is 221 Å². The van der Waals surface area contributed by atoms with Gasteiger partial charge in [-0.05, 0) is 111 Å². The van der Waals surface area contributed by atoms with Crippen molar-refractivity contribution in [3.63, 3.8) is 0 Å². The van der Waals surface area contributed by atoms with Crippen molar-refractivity contribution in [2.24, 2.45) is 0 Å². The van der Waals surface area contributed by atoms with Crippen LogP contribution >= 0.6 is 23.2 Å². The van der Waals surface area contributed by atoms with E-state index in [1.807, 2.05) is 12.1 Å². The number of fused-ring (bicyclic) bond motifs is 2. The lowest BCUT2D eigenvalue weighted by Crippen LogP contribution is -2.50. The summed E-state index contributed by atoms with van der Waals surface area (Å²) < 4.78 is 108. The first kappa shape index (κ1) is 63.0. The Morgan fingerprint density at radius 3 is 1.52 bits per heavy atom. The van der Waals surface area contributed by atoms with E-state index >= 15 is 17.6 Å². The van der Waals surface area contributed by atoms with Crippen molar-refractivity contribution in [1.82, 2.24) is 19.8 Å². The maximum Gasteiger partial charge on any atom is 0.257 e. The van der Waals surface area contributed by atoms with Crippen LogP contribution in [0.4, 0.5) is 22.0 Å². The predicted octanol–water partition coefficient (Wildman–Crippen LogP) is 10.2. The first-order valence-corrected chi connectivity index (χ1v) is 29.0. The molecule has 2 aromatic heterocycles. The summed E-state index contributed by atoms with van der Waals surface area (Å²) in [4.78, 5) is 39.9. The molecule has 0 saturated carbocycles. The number of amides is 2. The van der Waals surface area contributed by atoms with Crippen LogP contribution in [0.15, 0.2) is 109 Å². The number of rotatable bonds is 17. The molecule has 2 unspecified atom stereocenters. The van der Waals surface area contributed by atoms with Crippen molar-refractivity contribution in [2.75, 3.05) is 52.9 Å². The molecule has 0 bridgehead atoms. The summed E-state index contributed by atoms with van der Waals surface area (Å²) in [5, 5.41) is 52.2. The number of aromatic nitrogens is 2. The number of carbonyl (C=O) groups is 2. The van der Waals surface area contributed by atoms with Gasteiger partial charge in [-0.3, -0.25) is 29.4 Å². The molecule has 7 heterocycles. The van der Waals surface area contributed by atoms with Crippen LogP contribution < -0.4 is 0 Å². The average Bonchev–Trinajstić information content (AvgIpc) is 1.61. The molecule has 6 aromatic rings. The van der Waals surface area contributed by atoms with Gasteiger partial charge in [0, 0.05) is 92.3 Å². The normalized spacial score (nSPS) is 22.9. The Bertz CT molecular complexity index is 3600. The highest BCUT2D eigenvalue weighted by atomic mass is 35.5. The molecule has 11 rings (SSSR count). The molecule has 3 fully saturated rings. The number of carbonyl (C=O) groups excluding carboxylic acids is 2. The van der Waals surface area contributed by atoms with E-state index in [1.165, 1.54) is 66.4 Å². The number of hydrogen-bond acceptors (Lipinski definition) is 14. The minimum absolute atomic E-state index is 0.0557.